The van der Waals surface area contributed by atoms with E-state index in [0.717, 1.165) is 12.8 Å². The molecule has 0 aromatic carbocycles. The SMILES string of the molecule is CC1(C)CCCC(NCCS(N)(=O)=O)C1. The summed E-state index contributed by atoms with van der Waals surface area (Å²) in [4.78, 5) is 0. The summed E-state index contributed by atoms with van der Waals surface area (Å²) in [5.74, 6) is 0.0317. The molecule has 0 spiro atoms. The van der Waals surface area contributed by atoms with E-state index in [9.17, 15) is 8.42 Å². The van der Waals surface area contributed by atoms with E-state index in [1.165, 1.54) is 12.8 Å². The van der Waals surface area contributed by atoms with Gasteiger partial charge in [-0.3, -0.25) is 0 Å². The lowest BCUT2D eigenvalue weighted by Gasteiger charge is -2.35. The molecule has 0 amide bonds. The van der Waals surface area contributed by atoms with Crippen LogP contribution >= 0.6 is 0 Å². The van der Waals surface area contributed by atoms with Gasteiger partial charge in [0.15, 0.2) is 0 Å². The van der Waals surface area contributed by atoms with Gasteiger partial charge < -0.3 is 5.32 Å². The van der Waals surface area contributed by atoms with Crippen molar-refractivity contribution < 1.29 is 8.42 Å². The zero-order valence-corrected chi connectivity index (χ0v) is 10.4. The van der Waals surface area contributed by atoms with E-state index >= 15 is 0 Å². The van der Waals surface area contributed by atoms with E-state index in [1.54, 1.807) is 0 Å². The Kier molecular flexibility index (Phi) is 4.14. The van der Waals surface area contributed by atoms with Gasteiger partial charge in [-0.15, -0.1) is 0 Å². The Balaban J connectivity index is 2.28. The van der Waals surface area contributed by atoms with Crippen molar-refractivity contribution in [3.63, 3.8) is 0 Å². The zero-order chi connectivity index (χ0) is 11.5. The molecule has 0 saturated heterocycles. The fourth-order valence-electron chi connectivity index (χ4n) is 2.28. The van der Waals surface area contributed by atoms with E-state index < -0.39 is 10.0 Å². The lowest BCUT2D eigenvalue weighted by molar-refractivity contribution is 0.200. The van der Waals surface area contributed by atoms with E-state index in [-0.39, 0.29) is 5.75 Å². The van der Waals surface area contributed by atoms with Crippen LogP contribution in [0.15, 0.2) is 0 Å². The third kappa shape index (κ3) is 5.49. The van der Waals surface area contributed by atoms with Gasteiger partial charge in [0.05, 0.1) is 5.75 Å². The Morgan fingerprint density at radius 1 is 1.47 bits per heavy atom. The van der Waals surface area contributed by atoms with Crippen molar-refractivity contribution in [2.24, 2.45) is 10.6 Å². The quantitative estimate of drug-likeness (QED) is 0.757. The molecule has 1 fully saturated rings. The van der Waals surface area contributed by atoms with Crippen LogP contribution < -0.4 is 10.5 Å². The average molecular weight is 234 g/mol. The lowest BCUT2D eigenvalue weighted by atomic mass is 9.75. The molecule has 1 aliphatic carbocycles. The van der Waals surface area contributed by atoms with Crippen molar-refractivity contribution in [2.75, 3.05) is 12.3 Å². The van der Waals surface area contributed by atoms with Gasteiger partial charge in [0.25, 0.3) is 0 Å². The summed E-state index contributed by atoms with van der Waals surface area (Å²) in [6.45, 7) is 5.00. The molecule has 0 aliphatic heterocycles. The van der Waals surface area contributed by atoms with E-state index in [2.05, 4.69) is 19.2 Å². The molecular formula is C10H22N2O2S. The highest BCUT2D eigenvalue weighted by molar-refractivity contribution is 7.89. The van der Waals surface area contributed by atoms with Crippen LogP contribution in [-0.2, 0) is 10.0 Å². The zero-order valence-electron chi connectivity index (χ0n) is 9.62. The molecule has 1 rings (SSSR count). The highest BCUT2D eigenvalue weighted by atomic mass is 32.2. The van der Waals surface area contributed by atoms with Crippen molar-refractivity contribution in [3.05, 3.63) is 0 Å². The molecule has 4 nitrogen and oxygen atoms in total. The second-order valence-electron chi connectivity index (χ2n) is 5.28. The maximum absolute atomic E-state index is 10.7. The molecule has 1 aliphatic rings. The molecule has 15 heavy (non-hydrogen) atoms. The molecule has 0 heterocycles. The summed E-state index contributed by atoms with van der Waals surface area (Å²) in [5.41, 5.74) is 0.386. The molecule has 0 aromatic heterocycles. The molecule has 3 N–H and O–H groups in total. The van der Waals surface area contributed by atoms with Crippen molar-refractivity contribution >= 4 is 10.0 Å². The fourth-order valence-corrected chi connectivity index (χ4v) is 2.68. The summed E-state index contributed by atoms with van der Waals surface area (Å²) in [5, 5.41) is 8.21. The molecule has 5 heteroatoms. The van der Waals surface area contributed by atoms with Crippen LogP contribution in [0.5, 0.6) is 0 Å². The molecule has 0 bridgehead atoms. The van der Waals surface area contributed by atoms with E-state index in [1.807, 2.05) is 0 Å². The van der Waals surface area contributed by atoms with Gasteiger partial charge in [-0.2, -0.15) is 0 Å². The van der Waals surface area contributed by atoms with Crippen LogP contribution in [0.1, 0.15) is 39.5 Å². The fraction of sp³-hybridized carbons (Fsp3) is 1.00. The van der Waals surface area contributed by atoms with Gasteiger partial charge >= 0.3 is 0 Å². The number of primary sulfonamides is 1. The molecule has 90 valence electrons. The number of nitrogens with two attached hydrogens (primary N) is 1. The molecule has 1 saturated carbocycles. The van der Waals surface area contributed by atoms with Gasteiger partial charge in [0, 0.05) is 12.6 Å². The van der Waals surface area contributed by atoms with Gasteiger partial charge in [0.2, 0.25) is 10.0 Å². The second kappa shape index (κ2) is 4.80. The summed E-state index contributed by atoms with van der Waals surface area (Å²) in [6.07, 6.45) is 4.76. The highest BCUT2D eigenvalue weighted by Crippen LogP contribution is 2.34. The van der Waals surface area contributed by atoms with Crippen LogP contribution in [0.3, 0.4) is 0 Å². The minimum absolute atomic E-state index is 0.0317. The standard InChI is InChI=1S/C10H22N2O2S/c1-10(2)5-3-4-9(8-10)12-6-7-15(11,13)14/h9,12H,3-8H2,1-2H3,(H2,11,13,14). The van der Waals surface area contributed by atoms with Gasteiger partial charge in [-0.25, -0.2) is 13.6 Å². The summed E-state index contributed by atoms with van der Waals surface area (Å²) in [7, 11) is -3.32. The number of nitrogens with one attached hydrogen (secondary N) is 1. The van der Waals surface area contributed by atoms with Crippen LogP contribution in [0, 0.1) is 5.41 Å². The number of hydrogen-bond acceptors (Lipinski definition) is 3. The Labute approximate surface area is 92.7 Å². The minimum Gasteiger partial charge on any atom is -0.313 e. The molecule has 0 aromatic rings. The Hall–Kier alpha value is -0.130. The Bertz CT molecular complexity index is 299. The maximum Gasteiger partial charge on any atom is 0.210 e. The molecule has 1 atom stereocenters. The Morgan fingerprint density at radius 2 is 2.13 bits per heavy atom. The lowest BCUT2D eigenvalue weighted by Crippen LogP contribution is -2.40. The summed E-state index contributed by atoms with van der Waals surface area (Å²) in [6, 6.07) is 0.454. The van der Waals surface area contributed by atoms with E-state index in [4.69, 9.17) is 5.14 Å². The first kappa shape index (κ1) is 12.9. The van der Waals surface area contributed by atoms with Gasteiger partial charge in [0.1, 0.15) is 0 Å². The normalized spacial score (nSPS) is 26.5. The van der Waals surface area contributed by atoms with Gasteiger partial charge in [-0.1, -0.05) is 20.3 Å². The smallest absolute Gasteiger partial charge is 0.210 e. The predicted molar refractivity (Wildman–Crippen MR) is 62.0 cm³/mol. The molecule has 0 radical (unpaired) electrons. The van der Waals surface area contributed by atoms with Crippen molar-refractivity contribution in [3.8, 4) is 0 Å². The van der Waals surface area contributed by atoms with Gasteiger partial charge in [-0.05, 0) is 24.7 Å². The third-order valence-corrected chi connectivity index (χ3v) is 3.80. The van der Waals surface area contributed by atoms with Crippen LogP contribution in [-0.4, -0.2) is 26.8 Å². The monoisotopic (exact) mass is 234 g/mol. The van der Waals surface area contributed by atoms with Crippen LogP contribution in [0.2, 0.25) is 0 Å². The number of hydrogen-bond donors (Lipinski definition) is 2. The van der Waals surface area contributed by atoms with Crippen LogP contribution in [0.4, 0.5) is 0 Å². The first-order chi connectivity index (χ1) is 6.79. The number of rotatable bonds is 4. The van der Waals surface area contributed by atoms with Crippen LogP contribution in [0.25, 0.3) is 0 Å². The highest BCUT2D eigenvalue weighted by Gasteiger charge is 2.27. The first-order valence-corrected chi connectivity index (χ1v) is 7.24. The molecule has 1 unspecified atom stereocenters. The van der Waals surface area contributed by atoms with Crippen molar-refractivity contribution in [1.82, 2.24) is 5.32 Å². The van der Waals surface area contributed by atoms with Crippen molar-refractivity contribution in [2.45, 2.75) is 45.6 Å². The predicted octanol–water partition coefficient (Wildman–Crippen LogP) is 0.833. The minimum atomic E-state index is -3.32. The third-order valence-electron chi connectivity index (χ3n) is 3.02. The Morgan fingerprint density at radius 3 is 2.67 bits per heavy atom. The first-order valence-electron chi connectivity index (χ1n) is 5.52. The second-order valence-corrected chi connectivity index (χ2v) is 7.01. The molecular weight excluding hydrogens is 212 g/mol. The summed E-state index contributed by atoms with van der Waals surface area (Å²) >= 11 is 0. The summed E-state index contributed by atoms with van der Waals surface area (Å²) < 4.78 is 21.5. The van der Waals surface area contributed by atoms with E-state index in [0.29, 0.717) is 18.0 Å². The largest absolute Gasteiger partial charge is 0.313 e. The number of sulfonamides is 1. The van der Waals surface area contributed by atoms with Crippen molar-refractivity contribution in [1.29, 1.82) is 0 Å². The average Bonchev–Trinajstić information content (AvgIpc) is 1.99. The maximum atomic E-state index is 10.7. The topological polar surface area (TPSA) is 72.2 Å².